The number of allylic oxidation sites excluding steroid dienone is 3. The zero-order chi connectivity index (χ0) is 14.0. The number of halogens is 1. The summed E-state index contributed by atoms with van der Waals surface area (Å²) in [4.78, 5) is 0. The van der Waals surface area contributed by atoms with Crippen LogP contribution in [0.4, 0.5) is 4.39 Å². The highest BCUT2D eigenvalue weighted by Crippen LogP contribution is 2.19. The molecule has 104 valence electrons. The summed E-state index contributed by atoms with van der Waals surface area (Å²) in [7, 11) is 0. The molecule has 0 saturated carbocycles. The molecule has 0 N–H and O–H groups in total. The van der Waals surface area contributed by atoms with E-state index in [-0.39, 0.29) is 6.67 Å². The van der Waals surface area contributed by atoms with Gasteiger partial charge < -0.3 is 4.74 Å². The van der Waals surface area contributed by atoms with Crippen molar-refractivity contribution in [2.45, 2.75) is 40.0 Å². The molecule has 0 rings (SSSR count). The molecular weight excluding hydrogens is 227 g/mol. The molecule has 0 radical (unpaired) electrons. The van der Waals surface area contributed by atoms with Crippen LogP contribution >= 0.6 is 0 Å². The van der Waals surface area contributed by atoms with E-state index in [1.165, 1.54) is 6.42 Å². The summed E-state index contributed by atoms with van der Waals surface area (Å²) >= 11 is 0. The molecule has 0 amide bonds. The zero-order valence-corrected chi connectivity index (χ0v) is 12.0. The van der Waals surface area contributed by atoms with E-state index < -0.39 is 0 Å². The first-order chi connectivity index (χ1) is 8.47. The summed E-state index contributed by atoms with van der Waals surface area (Å²) in [5, 5.41) is 0. The largest absolute Gasteiger partial charge is 0.494 e. The van der Waals surface area contributed by atoms with Crippen molar-refractivity contribution in [3.63, 3.8) is 0 Å². The van der Waals surface area contributed by atoms with Crippen molar-refractivity contribution in [1.82, 2.24) is 0 Å². The maximum atomic E-state index is 11.9. The maximum Gasteiger partial charge on any atom is 0.112 e. The van der Waals surface area contributed by atoms with Crippen LogP contribution in [-0.2, 0) is 4.74 Å². The van der Waals surface area contributed by atoms with Crippen molar-refractivity contribution in [3.05, 3.63) is 36.6 Å². The van der Waals surface area contributed by atoms with Gasteiger partial charge in [0.25, 0.3) is 0 Å². The molecule has 1 nitrogen and oxygen atoms in total. The van der Waals surface area contributed by atoms with E-state index in [9.17, 15) is 4.39 Å². The van der Waals surface area contributed by atoms with Crippen molar-refractivity contribution in [2.24, 2.45) is 11.8 Å². The van der Waals surface area contributed by atoms with Crippen molar-refractivity contribution in [1.29, 1.82) is 0 Å². The average Bonchev–Trinajstić information content (AvgIpc) is 2.33. The molecule has 0 fully saturated rings. The molecule has 1 atom stereocenters. The molecule has 2 heteroatoms. The standard InChI is InChI=1S/C16H27FO/c1-13(2)7-8-14(3)15(4)9-10-16(5)18-12-6-11-17/h9-10,13-14H,4-8,11-12H2,1-3H3/b10-9-. The number of hydrogen-bond donors (Lipinski definition) is 0. The molecule has 0 aromatic heterocycles. The molecule has 0 saturated heterocycles. The second-order valence-corrected chi connectivity index (χ2v) is 5.14. The lowest BCUT2D eigenvalue weighted by Crippen LogP contribution is -1.99. The Labute approximate surface area is 111 Å². The summed E-state index contributed by atoms with van der Waals surface area (Å²) in [5.74, 6) is 1.77. The highest BCUT2D eigenvalue weighted by molar-refractivity contribution is 5.22. The van der Waals surface area contributed by atoms with Crippen molar-refractivity contribution in [3.8, 4) is 0 Å². The lowest BCUT2D eigenvalue weighted by atomic mass is 9.93. The van der Waals surface area contributed by atoms with Gasteiger partial charge in [0.2, 0.25) is 0 Å². The molecule has 0 aliphatic carbocycles. The third-order valence-electron chi connectivity index (χ3n) is 2.86. The fraction of sp³-hybridized carbons (Fsp3) is 0.625. The number of alkyl halides is 1. The second kappa shape index (κ2) is 9.93. The highest BCUT2D eigenvalue weighted by atomic mass is 19.1. The SMILES string of the molecule is C=C(/C=C\C(=C)C(C)CCC(C)C)OCCCF. The predicted octanol–water partition coefficient (Wildman–Crippen LogP) is 5.06. The molecule has 0 heterocycles. The summed E-state index contributed by atoms with van der Waals surface area (Å²) < 4.78 is 17.1. The third-order valence-corrected chi connectivity index (χ3v) is 2.86. The van der Waals surface area contributed by atoms with Crippen LogP contribution in [0.3, 0.4) is 0 Å². The molecule has 18 heavy (non-hydrogen) atoms. The van der Waals surface area contributed by atoms with Gasteiger partial charge in [-0.3, -0.25) is 4.39 Å². The number of rotatable bonds is 10. The van der Waals surface area contributed by atoms with Gasteiger partial charge in [-0.15, -0.1) is 0 Å². The highest BCUT2D eigenvalue weighted by Gasteiger charge is 2.05. The predicted molar refractivity (Wildman–Crippen MR) is 77.2 cm³/mol. The minimum atomic E-state index is -0.351. The van der Waals surface area contributed by atoms with Crippen LogP contribution in [-0.4, -0.2) is 13.3 Å². The summed E-state index contributed by atoms with van der Waals surface area (Å²) in [6.45, 7) is 14.5. The summed E-state index contributed by atoms with van der Waals surface area (Å²) in [6.07, 6.45) is 6.53. The molecule has 0 aromatic rings. The van der Waals surface area contributed by atoms with E-state index in [4.69, 9.17) is 4.74 Å². The van der Waals surface area contributed by atoms with Gasteiger partial charge in [-0.2, -0.15) is 0 Å². The Morgan fingerprint density at radius 1 is 1.17 bits per heavy atom. The van der Waals surface area contributed by atoms with Crippen LogP contribution in [0.15, 0.2) is 36.6 Å². The Hall–Kier alpha value is -1.05. The van der Waals surface area contributed by atoms with Crippen LogP contribution in [0.25, 0.3) is 0 Å². The fourth-order valence-electron chi connectivity index (χ4n) is 1.44. The third kappa shape index (κ3) is 9.03. The van der Waals surface area contributed by atoms with Crippen molar-refractivity contribution < 1.29 is 9.13 Å². The minimum absolute atomic E-state index is 0.351. The van der Waals surface area contributed by atoms with Crippen LogP contribution in [0.1, 0.15) is 40.0 Å². The minimum Gasteiger partial charge on any atom is -0.494 e. The molecule has 0 aliphatic rings. The molecule has 0 bridgehead atoms. The van der Waals surface area contributed by atoms with Crippen LogP contribution in [0, 0.1) is 11.8 Å². The molecule has 0 aromatic carbocycles. The molecule has 1 unspecified atom stereocenters. The van der Waals surface area contributed by atoms with Crippen LogP contribution in [0.5, 0.6) is 0 Å². The van der Waals surface area contributed by atoms with Gasteiger partial charge in [0.1, 0.15) is 5.76 Å². The van der Waals surface area contributed by atoms with Gasteiger partial charge >= 0.3 is 0 Å². The Bertz CT molecular complexity index is 279. The van der Waals surface area contributed by atoms with Gasteiger partial charge in [0.05, 0.1) is 13.3 Å². The number of hydrogen-bond acceptors (Lipinski definition) is 1. The maximum absolute atomic E-state index is 11.9. The second-order valence-electron chi connectivity index (χ2n) is 5.14. The van der Waals surface area contributed by atoms with E-state index in [0.29, 0.717) is 24.7 Å². The lowest BCUT2D eigenvalue weighted by molar-refractivity contribution is 0.211. The molecule has 0 spiro atoms. The van der Waals surface area contributed by atoms with Gasteiger partial charge in [0, 0.05) is 6.42 Å². The lowest BCUT2D eigenvalue weighted by Gasteiger charge is -2.13. The quantitative estimate of drug-likeness (QED) is 0.301. The topological polar surface area (TPSA) is 9.23 Å². The average molecular weight is 254 g/mol. The summed E-state index contributed by atoms with van der Waals surface area (Å²) in [5.41, 5.74) is 1.09. The van der Waals surface area contributed by atoms with Crippen molar-refractivity contribution >= 4 is 0 Å². The molecule has 0 aliphatic heterocycles. The van der Waals surface area contributed by atoms with E-state index in [1.807, 2.05) is 12.2 Å². The van der Waals surface area contributed by atoms with Crippen molar-refractivity contribution in [2.75, 3.05) is 13.3 Å². The van der Waals surface area contributed by atoms with E-state index in [2.05, 4.69) is 33.9 Å². The summed E-state index contributed by atoms with van der Waals surface area (Å²) in [6, 6.07) is 0. The van der Waals surface area contributed by atoms with E-state index in [1.54, 1.807) is 0 Å². The van der Waals surface area contributed by atoms with Gasteiger partial charge in [-0.25, -0.2) is 0 Å². The van der Waals surface area contributed by atoms with E-state index in [0.717, 1.165) is 17.9 Å². The zero-order valence-electron chi connectivity index (χ0n) is 12.0. The van der Waals surface area contributed by atoms with E-state index >= 15 is 0 Å². The first kappa shape index (κ1) is 16.9. The Balaban J connectivity index is 3.94. The smallest absolute Gasteiger partial charge is 0.112 e. The number of ether oxygens (including phenoxy) is 1. The van der Waals surface area contributed by atoms with Crippen LogP contribution < -0.4 is 0 Å². The first-order valence-corrected chi connectivity index (χ1v) is 6.72. The fourth-order valence-corrected chi connectivity index (χ4v) is 1.44. The Morgan fingerprint density at radius 2 is 1.83 bits per heavy atom. The van der Waals surface area contributed by atoms with Gasteiger partial charge in [0.15, 0.2) is 0 Å². The normalized spacial score (nSPS) is 12.9. The monoisotopic (exact) mass is 254 g/mol. The molecular formula is C16H27FO. The van der Waals surface area contributed by atoms with Crippen LogP contribution in [0.2, 0.25) is 0 Å². The van der Waals surface area contributed by atoms with Gasteiger partial charge in [-0.1, -0.05) is 52.0 Å². The van der Waals surface area contributed by atoms with Gasteiger partial charge in [-0.05, 0) is 24.3 Å². The first-order valence-electron chi connectivity index (χ1n) is 6.72. The Kier molecular flexibility index (Phi) is 9.35. The Morgan fingerprint density at radius 3 is 2.39 bits per heavy atom.